The summed E-state index contributed by atoms with van der Waals surface area (Å²) in [5.74, 6) is 0.423. The van der Waals surface area contributed by atoms with Gasteiger partial charge < -0.3 is 10.2 Å². The van der Waals surface area contributed by atoms with Gasteiger partial charge in [-0.2, -0.15) is 0 Å². The minimum Gasteiger partial charge on any atom is -0.340 e. The van der Waals surface area contributed by atoms with Crippen molar-refractivity contribution in [1.82, 2.24) is 14.9 Å². The van der Waals surface area contributed by atoms with Crippen LogP contribution in [0, 0.1) is 5.82 Å². The summed E-state index contributed by atoms with van der Waals surface area (Å²) < 4.78 is 14.8. The molecule has 1 N–H and O–H groups in total. The molecule has 0 amide bonds. The Morgan fingerprint density at radius 3 is 2.62 bits per heavy atom. The second-order valence-corrected chi connectivity index (χ2v) is 6.71. The summed E-state index contributed by atoms with van der Waals surface area (Å²) in [5, 5.41) is 5.83. The molecule has 5 nitrogen and oxygen atoms in total. The van der Waals surface area contributed by atoms with Crippen molar-refractivity contribution in [2.75, 3.05) is 31.1 Å². The molecule has 0 unspecified atom stereocenters. The van der Waals surface area contributed by atoms with Crippen LogP contribution in [0.4, 0.5) is 10.3 Å². The van der Waals surface area contributed by atoms with Crippen molar-refractivity contribution in [3.8, 4) is 11.1 Å². The summed E-state index contributed by atoms with van der Waals surface area (Å²) in [4.78, 5) is 20.5. The van der Waals surface area contributed by atoms with Gasteiger partial charge in [-0.25, -0.2) is 9.37 Å². The number of halogens is 1. The van der Waals surface area contributed by atoms with Gasteiger partial charge >= 0.3 is 0 Å². The van der Waals surface area contributed by atoms with E-state index < -0.39 is 0 Å². The highest BCUT2D eigenvalue weighted by Crippen LogP contribution is 2.32. The standard InChI is InChI=1S/C17H17FN4OS/c1-21-16(23)14-13(11-2-4-12(18)5-3-11)10-24-15(14)20-17(21)22-8-6-19-7-9-22/h2-5,10,19H,6-9H2,1H3. The molecule has 0 saturated carbocycles. The van der Waals surface area contributed by atoms with Gasteiger partial charge in [-0.15, -0.1) is 11.3 Å². The highest BCUT2D eigenvalue weighted by molar-refractivity contribution is 7.17. The second-order valence-electron chi connectivity index (χ2n) is 5.85. The Morgan fingerprint density at radius 2 is 1.92 bits per heavy atom. The zero-order valence-electron chi connectivity index (χ0n) is 13.3. The van der Waals surface area contributed by atoms with Crippen molar-refractivity contribution >= 4 is 27.5 Å². The molecule has 124 valence electrons. The highest BCUT2D eigenvalue weighted by atomic mass is 32.1. The molecule has 3 heterocycles. The Morgan fingerprint density at radius 1 is 1.21 bits per heavy atom. The van der Waals surface area contributed by atoms with E-state index in [1.807, 2.05) is 5.38 Å². The Bertz CT molecular complexity index is 942. The van der Waals surface area contributed by atoms with Crippen LogP contribution in [0.5, 0.6) is 0 Å². The van der Waals surface area contributed by atoms with E-state index in [1.165, 1.54) is 23.5 Å². The molecule has 0 spiro atoms. The van der Waals surface area contributed by atoms with E-state index in [9.17, 15) is 9.18 Å². The maximum atomic E-state index is 13.2. The van der Waals surface area contributed by atoms with Gasteiger partial charge in [-0.05, 0) is 17.7 Å². The number of aromatic nitrogens is 2. The summed E-state index contributed by atoms with van der Waals surface area (Å²) in [6.07, 6.45) is 0. The van der Waals surface area contributed by atoms with Crippen LogP contribution >= 0.6 is 11.3 Å². The zero-order valence-corrected chi connectivity index (χ0v) is 14.1. The number of hydrogen-bond acceptors (Lipinski definition) is 5. The lowest BCUT2D eigenvalue weighted by atomic mass is 10.1. The predicted molar refractivity (Wildman–Crippen MR) is 95.3 cm³/mol. The van der Waals surface area contributed by atoms with Crippen molar-refractivity contribution in [2.45, 2.75) is 0 Å². The molecule has 24 heavy (non-hydrogen) atoms. The lowest BCUT2D eigenvalue weighted by molar-refractivity contribution is 0.570. The van der Waals surface area contributed by atoms with Gasteiger partial charge in [0.2, 0.25) is 5.95 Å². The fraction of sp³-hybridized carbons (Fsp3) is 0.294. The number of hydrogen-bond donors (Lipinski definition) is 1. The lowest BCUT2D eigenvalue weighted by Crippen LogP contribution is -2.45. The largest absolute Gasteiger partial charge is 0.340 e. The number of anilines is 1. The third-order valence-electron chi connectivity index (χ3n) is 4.35. The SMILES string of the molecule is Cn1c(N2CCNCC2)nc2scc(-c3ccc(F)cc3)c2c1=O. The van der Waals surface area contributed by atoms with E-state index in [0.717, 1.165) is 42.1 Å². The first-order valence-electron chi connectivity index (χ1n) is 7.85. The third-order valence-corrected chi connectivity index (χ3v) is 5.22. The van der Waals surface area contributed by atoms with Crippen LogP contribution < -0.4 is 15.8 Å². The minimum absolute atomic E-state index is 0.0610. The van der Waals surface area contributed by atoms with Gasteiger partial charge in [0.25, 0.3) is 5.56 Å². The summed E-state index contributed by atoms with van der Waals surface area (Å²) in [6.45, 7) is 3.45. The molecule has 0 radical (unpaired) electrons. The normalized spacial score (nSPS) is 15.2. The third kappa shape index (κ3) is 2.50. The molecule has 1 aliphatic heterocycles. The fourth-order valence-electron chi connectivity index (χ4n) is 3.05. The molecule has 0 bridgehead atoms. The first-order chi connectivity index (χ1) is 11.6. The van der Waals surface area contributed by atoms with Gasteiger partial charge in [0.05, 0.1) is 5.39 Å². The van der Waals surface area contributed by atoms with Crippen LogP contribution in [0.3, 0.4) is 0 Å². The quantitative estimate of drug-likeness (QED) is 0.774. The molecule has 1 fully saturated rings. The smallest absolute Gasteiger partial charge is 0.264 e. The number of benzene rings is 1. The average Bonchev–Trinajstić information content (AvgIpc) is 3.03. The molecule has 7 heteroatoms. The van der Waals surface area contributed by atoms with Gasteiger partial charge in [0, 0.05) is 44.2 Å². The molecular weight excluding hydrogens is 327 g/mol. The molecule has 3 aromatic rings. The molecule has 4 rings (SSSR count). The summed E-state index contributed by atoms with van der Waals surface area (Å²) >= 11 is 1.45. The number of piperazine rings is 1. The molecule has 1 aromatic carbocycles. The fourth-order valence-corrected chi connectivity index (χ4v) is 3.98. The second kappa shape index (κ2) is 5.99. The van der Waals surface area contributed by atoms with E-state index in [1.54, 1.807) is 23.7 Å². The van der Waals surface area contributed by atoms with E-state index in [4.69, 9.17) is 4.98 Å². The first-order valence-corrected chi connectivity index (χ1v) is 8.73. The maximum Gasteiger partial charge on any atom is 0.264 e. The van der Waals surface area contributed by atoms with Crippen LogP contribution in [0.1, 0.15) is 0 Å². The van der Waals surface area contributed by atoms with Crippen LogP contribution in [-0.2, 0) is 7.05 Å². The first kappa shape index (κ1) is 15.3. The van der Waals surface area contributed by atoms with Gasteiger partial charge in [0.15, 0.2) is 0 Å². The molecule has 1 saturated heterocycles. The maximum absolute atomic E-state index is 13.2. The van der Waals surface area contributed by atoms with Gasteiger partial charge in [-0.1, -0.05) is 12.1 Å². The number of thiophene rings is 1. The average molecular weight is 344 g/mol. The molecule has 0 aliphatic carbocycles. The van der Waals surface area contributed by atoms with Crippen molar-refractivity contribution in [3.05, 3.63) is 45.8 Å². The molecule has 2 aromatic heterocycles. The summed E-state index contributed by atoms with van der Waals surface area (Å²) in [7, 11) is 1.76. The van der Waals surface area contributed by atoms with Crippen LogP contribution in [0.25, 0.3) is 21.3 Å². The lowest BCUT2D eigenvalue weighted by Gasteiger charge is -2.29. The van der Waals surface area contributed by atoms with E-state index in [-0.39, 0.29) is 11.4 Å². The van der Waals surface area contributed by atoms with Crippen molar-refractivity contribution in [3.63, 3.8) is 0 Å². The number of nitrogens with one attached hydrogen (secondary N) is 1. The van der Waals surface area contributed by atoms with Gasteiger partial charge in [-0.3, -0.25) is 9.36 Å². The Kier molecular flexibility index (Phi) is 3.82. The van der Waals surface area contributed by atoms with Crippen molar-refractivity contribution < 1.29 is 4.39 Å². The van der Waals surface area contributed by atoms with E-state index >= 15 is 0 Å². The monoisotopic (exact) mass is 344 g/mol. The van der Waals surface area contributed by atoms with Crippen LogP contribution in [-0.4, -0.2) is 35.7 Å². The number of fused-ring (bicyclic) bond motifs is 1. The van der Waals surface area contributed by atoms with Crippen LogP contribution in [0.2, 0.25) is 0 Å². The van der Waals surface area contributed by atoms with Gasteiger partial charge in [0.1, 0.15) is 10.6 Å². The van der Waals surface area contributed by atoms with Crippen molar-refractivity contribution in [1.29, 1.82) is 0 Å². The Balaban J connectivity index is 1.87. The Labute approximate surface area is 142 Å². The number of nitrogens with zero attached hydrogens (tertiary/aromatic N) is 3. The Hall–Kier alpha value is -2.25. The minimum atomic E-state index is -0.287. The summed E-state index contributed by atoms with van der Waals surface area (Å²) in [6, 6.07) is 6.21. The molecule has 1 aliphatic rings. The van der Waals surface area contributed by atoms with Crippen molar-refractivity contribution in [2.24, 2.45) is 7.05 Å². The predicted octanol–water partition coefficient (Wildman–Crippen LogP) is 2.21. The highest BCUT2D eigenvalue weighted by Gasteiger charge is 2.20. The van der Waals surface area contributed by atoms with E-state index in [2.05, 4.69) is 10.2 Å². The summed E-state index contributed by atoms with van der Waals surface area (Å²) in [5.41, 5.74) is 1.58. The topological polar surface area (TPSA) is 50.2 Å². The molecule has 0 atom stereocenters. The van der Waals surface area contributed by atoms with Crippen LogP contribution in [0.15, 0.2) is 34.4 Å². The van der Waals surface area contributed by atoms with E-state index in [0.29, 0.717) is 11.3 Å². The molecular formula is C17H17FN4OS. The number of rotatable bonds is 2. The zero-order chi connectivity index (χ0) is 16.7.